The number of nitrogens with zero attached hydrogens (tertiary/aromatic N) is 3. The van der Waals surface area contributed by atoms with Gasteiger partial charge in [0.2, 0.25) is 5.95 Å². The van der Waals surface area contributed by atoms with E-state index in [0.717, 1.165) is 12.1 Å². The molecule has 1 saturated heterocycles. The molecule has 1 aliphatic rings. The van der Waals surface area contributed by atoms with E-state index in [4.69, 9.17) is 0 Å². The average Bonchev–Trinajstić information content (AvgIpc) is 2.53. The molecule has 1 fully saturated rings. The summed E-state index contributed by atoms with van der Waals surface area (Å²) in [7, 11) is 0. The fourth-order valence-electron chi connectivity index (χ4n) is 1.45. The number of aryl methyl sites for hydroxylation is 1. The van der Waals surface area contributed by atoms with E-state index in [1.54, 1.807) is 12.4 Å². The molecular weight excluding hydrogens is 169 g/mol. The molecule has 1 aliphatic heterocycles. The lowest BCUT2D eigenvalue weighted by Crippen LogP contribution is -2.22. The number of rotatable bonds is 1. The van der Waals surface area contributed by atoms with Gasteiger partial charge in [-0.1, -0.05) is 0 Å². The molecule has 0 radical (unpaired) electrons. The van der Waals surface area contributed by atoms with Crippen LogP contribution >= 0.6 is 0 Å². The molecule has 2 rings (SSSR count). The number of anilines is 1. The van der Waals surface area contributed by atoms with Gasteiger partial charge in [-0.3, -0.25) is 0 Å². The van der Waals surface area contributed by atoms with Crippen molar-refractivity contribution in [2.45, 2.75) is 19.5 Å². The Balaban J connectivity index is 2.13. The van der Waals surface area contributed by atoms with Gasteiger partial charge in [0.1, 0.15) is 6.17 Å². The zero-order chi connectivity index (χ0) is 9.26. The molecule has 2 heterocycles. The Kier molecular flexibility index (Phi) is 2.12. The molecule has 70 valence electrons. The molecule has 0 bridgehead atoms. The summed E-state index contributed by atoms with van der Waals surface area (Å²) in [6, 6.07) is 0. The van der Waals surface area contributed by atoms with Crippen molar-refractivity contribution in [2.24, 2.45) is 0 Å². The maximum atomic E-state index is 12.8. The lowest BCUT2D eigenvalue weighted by Gasteiger charge is -2.13. The number of hydrogen-bond donors (Lipinski definition) is 0. The van der Waals surface area contributed by atoms with Crippen molar-refractivity contribution in [1.82, 2.24) is 9.97 Å². The van der Waals surface area contributed by atoms with Gasteiger partial charge in [-0.15, -0.1) is 0 Å². The maximum absolute atomic E-state index is 12.8. The van der Waals surface area contributed by atoms with Crippen LogP contribution in [0.4, 0.5) is 10.3 Å². The second-order valence-corrected chi connectivity index (χ2v) is 3.39. The van der Waals surface area contributed by atoms with Gasteiger partial charge in [-0.25, -0.2) is 14.4 Å². The van der Waals surface area contributed by atoms with Crippen LogP contribution in [0.25, 0.3) is 0 Å². The molecule has 0 unspecified atom stereocenters. The first-order valence-electron chi connectivity index (χ1n) is 4.43. The van der Waals surface area contributed by atoms with E-state index in [2.05, 4.69) is 9.97 Å². The first kappa shape index (κ1) is 8.41. The third-order valence-corrected chi connectivity index (χ3v) is 2.18. The molecule has 0 N–H and O–H groups in total. The maximum Gasteiger partial charge on any atom is 0.225 e. The minimum Gasteiger partial charge on any atom is -0.338 e. The van der Waals surface area contributed by atoms with Crippen LogP contribution in [0, 0.1) is 6.92 Å². The number of halogens is 1. The number of aromatic nitrogens is 2. The Morgan fingerprint density at radius 2 is 2.15 bits per heavy atom. The second-order valence-electron chi connectivity index (χ2n) is 3.39. The van der Waals surface area contributed by atoms with Crippen LogP contribution < -0.4 is 4.90 Å². The van der Waals surface area contributed by atoms with Crippen molar-refractivity contribution in [3.8, 4) is 0 Å². The van der Waals surface area contributed by atoms with E-state index >= 15 is 0 Å². The monoisotopic (exact) mass is 181 g/mol. The summed E-state index contributed by atoms with van der Waals surface area (Å²) in [6.07, 6.45) is 3.39. The fraction of sp³-hybridized carbons (Fsp3) is 0.556. The predicted molar refractivity (Wildman–Crippen MR) is 48.5 cm³/mol. The lowest BCUT2D eigenvalue weighted by atomic mass is 10.3. The van der Waals surface area contributed by atoms with Crippen LogP contribution in [0.3, 0.4) is 0 Å². The highest BCUT2D eigenvalue weighted by Crippen LogP contribution is 2.17. The van der Waals surface area contributed by atoms with Crippen molar-refractivity contribution in [2.75, 3.05) is 18.0 Å². The largest absolute Gasteiger partial charge is 0.338 e. The lowest BCUT2D eigenvalue weighted by molar-refractivity contribution is 0.364. The van der Waals surface area contributed by atoms with Crippen LogP contribution in [0.2, 0.25) is 0 Å². The molecule has 0 spiro atoms. The smallest absolute Gasteiger partial charge is 0.225 e. The summed E-state index contributed by atoms with van der Waals surface area (Å²) in [5.74, 6) is 0.644. The van der Waals surface area contributed by atoms with Crippen LogP contribution in [0.15, 0.2) is 12.4 Å². The Morgan fingerprint density at radius 3 is 2.69 bits per heavy atom. The summed E-state index contributed by atoms with van der Waals surface area (Å²) in [4.78, 5) is 10.2. The standard InChI is InChI=1S/C9H12FN3/c1-7-4-11-9(12-5-7)13-3-2-8(10)6-13/h4-5,8H,2-3,6H2,1H3/t8-/m0/s1. The zero-order valence-electron chi connectivity index (χ0n) is 7.57. The summed E-state index contributed by atoms with van der Waals surface area (Å²) >= 11 is 0. The van der Waals surface area contributed by atoms with Crippen molar-refractivity contribution in [3.63, 3.8) is 0 Å². The summed E-state index contributed by atoms with van der Waals surface area (Å²) in [5.41, 5.74) is 1.03. The van der Waals surface area contributed by atoms with E-state index in [1.165, 1.54) is 0 Å². The van der Waals surface area contributed by atoms with Crippen LogP contribution in [0.1, 0.15) is 12.0 Å². The SMILES string of the molecule is Cc1cnc(N2CC[C@H](F)C2)nc1. The van der Waals surface area contributed by atoms with Crippen molar-refractivity contribution in [3.05, 3.63) is 18.0 Å². The quantitative estimate of drug-likeness (QED) is 0.654. The molecule has 1 aromatic rings. The number of alkyl halides is 1. The van der Waals surface area contributed by atoms with Gasteiger partial charge < -0.3 is 4.90 Å². The molecule has 0 saturated carbocycles. The average molecular weight is 181 g/mol. The molecule has 13 heavy (non-hydrogen) atoms. The first-order chi connectivity index (χ1) is 6.25. The molecule has 3 nitrogen and oxygen atoms in total. The van der Waals surface area contributed by atoms with Gasteiger partial charge in [0.25, 0.3) is 0 Å². The number of hydrogen-bond acceptors (Lipinski definition) is 3. The van der Waals surface area contributed by atoms with E-state index in [0.29, 0.717) is 18.9 Å². The molecule has 0 aliphatic carbocycles. The Bertz CT molecular complexity index is 285. The van der Waals surface area contributed by atoms with Gasteiger partial charge in [-0.05, 0) is 18.9 Å². The molecule has 0 aromatic carbocycles. The molecular formula is C9H12FN3. The minimum atomic E-state index is -0.718. The van der Waals surface area contributed by atoms with Crippen LogP contribution in [-0.4, -0.2) is 29.2 Å². The first-order valence-corrected chi connectivity index (χ1v) is 4.43. The van der Waals surface area contributed by atoms with Gasteiger partial charge in [0.05, 0.1) is 6.54 Å². The van der Waals surface area contributed by atoms with Gasteiger partial charge in [0, 0.05) is 18.9 Å². The highest BCUT2D eigenvalue weighted by molar-refractivity contribution is 5.31. The van der Waals surface area contributed by atoms with Crippen molar-refractivity contribution < 1.29 is 4.39 Å². The van der Waals surface area contributed by atoms with Gasteiger partial charge in [0.15, 0.2) is 0 Å². The molecule has 4 heteroatoms. The Hall–Kier alpha value is -1.19. The normalized spacial score (nSPS) is 22.3. The third-order valence-electron chi connectivity index (χ3n) is 2.18. The van der Waals surface area contributed by atoms with E-state index in [1.807, 2.05) is 11.8 Å². The predicted octanol–water partition coefficient (Wildman–Crippen LogP) is 1.33. The minimum absolute atomic E-state index is 0.434. The van der Waals surface area contributed by atoms with Gasteiger partial charge >= 0.3 is 0 Å². The topological polar surface area (TPSA) is 29.0 Å². The van der Waals surface area contributed by atoms with Gasteiger partial charge in [-0.2, -0.15) is 0 Å². The molecule has 1 aromatic heterocycles. The third kappa shape index (κ3) is 1.76. The van der Waals surface area contributed by atoms with E-state index in [-0.39, 0.29) is 0 Å². The fourth-order valence-corrected chi connectivity index (χ4v) is 1.45. The highest BCUT2D eigenvalue weighted by Gasteiger charge is 2.23. The Morgan fingerprint density at radius 1 is 1.46 bits per heavy atom. The second kappa shape index (κ2) is 3.28. The van der Waals surface area contributed by atoms with Crippen LogP contribution in [0.5, 0.6) is 0 Å². The zero-order valence-corrected chi connectivity index (χ0v) is 7.57. The summed E-state index contributed by atoms with van der Waals surface area (Å²) in [6.45, 7) is 3.10. The highest BCUT2D eigenvalue weighted by atomic mass is 19.1. The van der Waals surface area contributed by atoms with E-state index < -0.39 is 6.17 Å². The summed E-state index contributed by atoms with van der Waals surface area (Å²) < 4.78 is 12.8. The summed E-state index contributed by atoms with van der Waals surface area (Å²) in [5, 5.41) is 0. The molecule has 0 amide bonds. The Labute approximate surface area is 76.6 Å². The van der Waals surface area contributed by atoms with E-state index in [9.17, 15) is 4.39 Å². The van der Waals surface area contributed by atoms with Crippen molar-refractivity contribution in [1.29, 1.82) is 0 Å². The van der Waals surface area contributed by atoms with Crippen LogP contribution in [-0.2, 0) is 0 Å². The van der Waals surface area contributed by atoms with Crippen molar-refractivity contribution >= 4 is 5.95 Å². The molecule has 1 atom stereocenters.